The molecule has 0 saturated carbocycles. The molecular formula is C11H16N2OS. The van der Waals surface area contributed by atoms with Gasteiger partial charge in [0.15, 0.2) is 0 Å². The maximum atomic E-state index is 11.5. The molecule has 0 bridgehead atoms. The molecule has 1 aromatic carbocycles. The van der Waals surface area contributed by atoms with E-state index in [0.717, 1.165) is 11.5 Å². The van der Waals surface area contributed by atoms with Gasteiger partial charge in [-0.3, -0.25) is 4.79 Å². The van der Waals surface area contributed by atoms with Crippen molar-refractivity contribution >= 4 is 17.7 Å². The molecule has 3 nitrogen and oxygen atoms in total. The predicted octanol–water partition coefficient (Wildman–Crippen LogP) is 1.11. The molecule has 15 heavy (non-hydrogen) atoms. The number of rotatable bonds is 6. The molecule has 0 aliphatic rings. The Labute approximate surface area is 94.4 Å². The second-order valence-electron chi connectivity index (χ2n) is 3.02. The largest absolute Gasteiger partial charge is 0.351 e. The zero-order valence-corrected chi connectivity index (χ0v) is 9.43. The zero-order chi connectivity index (χ0) is 10.9. The van der Waals surface area contributed by atoms with Crippen LogP contribution in [0.4, 0.5) is 0 Å². The van der Waals surface area contributed by atoms with Gasteiger partial charge in [-0.2, -0.15) is 11.8 Å². The summed E-state index contributed by atoms with van der Waals surface area (Å²) in [6.07, 6.45) is 0. The van der Waals surface area contributed by atoms with Crippen LogP contribution >= 0.6 is 11.8 Å². The van der Waals surface area contributed by atoms with Gasteiger partial charge in [0.05, 0.1) is 0 Å². The van der Waals surface area contributed by atoms with Crippen LogP contribution in [0.15, 0.2) is 30.3 Å². The van der Waals surface area contributed by atoms with Crippen LogP contribution in [0.5, 0.6) is 0 Å². The van der Waals surface area contributed by atoms with Gasteiger partial charge >= 0.3 is 0 Å². The van der Waals surface area contributed by atoms with E-state index in [9.17, 15) is 4.79 Å². The average molecular weight is 224 g/mol. The zero-order valence-electron chi connectivity index (χ0n) is 8.61. The van der Waals surface area contributed by atoms with Gasteiger partial charge in [-0.1, -0.05) is 18.2 Å². The Bertz CT molecular complexity index is 290. The maximum Gasteiger partial charge on any atom is 0.251 e. The number of thioether (sulfide) groups is 1. The Morgan fingerprint density at radius 2 is 2.00 bits per heavy atom. The molecule has 0 aromatic heterocycles. The van der Waals surface area contributed by atoms with Gasteiger partial charge in [0.2, 0.25) is 0 Å². The number of nitrogens with one attached hydrogen (secondary N) is 1. The van der Waals surface area contributed by atoms with E-state index in [0.29, 0.717) is 18.7 Å². The third-order valence-corrected chi connectivity index (χ3v) is 2.85. The van der Waals surface area contributed by atoms with Crippen molar-refractivity contribution in [1.29, 1.82) is 0 Å². The molecule has 0 aliphatic carbocycles. The normalized spacial score (nSPS) is 9.93. The van der Waals surface area contributed by atoms with Gasteiger partial charge in [-0.15, -0.1) is 0 Å². The first kappa shape index (κ1) is 12.1. The van der Waals surface area contributed by atoms with E-state index in [-0.39, 0.29) is 5.91 Å². The van der Waals surface area contributed by atoms with E-state index in [2.05, 4.69) is 5.32 Å². The number of nitrogens with two attached hydrogens (primary N) is 1. The van der Waals surface area contributed by atoms with Crippen molar-refractivity contribution in [2.75, 3.05) is 24.6 Å². The highest BCUT2D eigenvalue weighted by molar-refractivity contribution is 7.99. The van der Waals surface area contributed by atoms with Crippen molar-refractivity contribution in [3.05, 3.63) is 35.9 Å². The van der Waals surface area contributed by atoms with Gasteiger partial charge in [-0.05, 0) is 12.1 Å². The number of hydrogen-bond donors (Lipinski definition) is 2. The van der Waals surface area contributed by atoms with E-state index >= 15 is 0 Å². The Morgan fingerprint density at radius 1 is 1.27 bits per heavy atom. The molecule has 0 heterocycles. The summed E-state index contributed by atoms with van der Waals surface area (Å²) < 4.78 is 0. The minimum Gasteiger partial charge on any atom is -0.351 e. The van der Waals surface area contributed by atoms with E-state index in [1.165, 1.54) is 0 Å². The summed E-state index contributed by atoms with van der Waals surface area (Å²) in [6, 6.07) is 9.23. The minimum atomic E-state index is -0.0102. The molecule has 0 atom stereocenters. The monoisotopic (exact) mass is 224 g/mol. The third kappa shape index (κ3) is 4.85. The van der Waals surface area contributed by atoms with Crippen molar-refractivity contribution in [3.8, 4) is 0 Å². The van der Waals surface area contributed by atoms with Gasteiger partial charge in [0.1, 0.15) is 0 Å². The van der Waals surface area contributed by atoms with Gasteiger partial charge in [0, 0.05) is 30.2 Å². The number of amides is 1. The molecule has 0 saturated heterocycles. The molecule has 0 spiro atoms. The molecule has 0 fully saturated rings. The SMILES string of the molecule is NCCSCCNC(=O)c1ccccc1. The van der Waals surface area contributed by atoms with Crippen LogP contribution in [0.1, 0.15) is 10.4 Å². The van der Waals surface area contributed by atoms with Crippen LogP contribution in [0.25, 0.3) is 0 Å². The van der Waals surface area contributed by atoms with Crippen molar-refractivity contribution in [1.82, 2.24) is 5.32 Å². The van der Waals surface area contributed by atoms with Gasteiger partial charge in [-0.25, -0.2) is 0 Å². The molecular weight excluding hydrogens is 208 g/mol. The Hall–Kier alpha value is -1.00. The lowest BCUT2D eigenvalue weighted by molar-refractivity contribution is 0.0956. The van der Waals surface area contributed by atoms with Crippen LogP contribution in [0, 0.1) is 0 Å². The maximum absolute atomic E-state index is 11.5. The molecule has 82 valence electrons. The molecule has 1 rings (SSSR count). The summed E-state index contributed by atoms with van der Waals surface area (Å²) >= 11 is 1.75. The molecule has 1 amide bonds. The van der Waals surface area contributed by atoms with E-state index in [4.69, 9.17) is 5.73 Å². The lowest BCUT2D eigenvalue weighted by atomic mass is 10.2. The fraction of sp³-hybridized carbons (Fsp3) is 0.364. The number of hydrogen-bond acceptors (Lipinski definition) is 3. The highest BCUT2D eigenvalue weighted by Gasteiger charge is 2.02. The summed E-state index contributed by atoms with van der Waals surface area (Å²) in [5.74, 6) is 1.85. The quantitative estimate of drug-likeness (QED) is 0.712. The average Bonchev–Trinajstić information content (AvgIpc) is 2.30. The van der Waals surface area contributed by atoms with Crippen LogP contribution in [0.2, 0.25) is 0 Å². The number of benzene rings is 1. The molecule has 0 unspecified atom stereocenters. The van der Waals surface area contributed by atoms with E-state index in [1.807, 2.05) is 30.3 Å². The highest BCUT2D eigenvalue weighted by atomic mass is 32.2. The summed E-state index contributed by atoms with van der Waals surface area (Å²) in [7, 11) is 0. The first-order valence-electron chi connectivity index (χ1n) is 4.95. The summed E-state index contributed by atoms with van der Waals surface area (Å²) in [4.78, 5) is 11.5. The molecule has 0 radical (unpaired) electrons. The van der Waals surface area contributed by atoms with Crippen LogP contribution in [0.3, 0.4) is 0 Å². The molecule has 0 aliphatic heterocycles. The fourth-order valence-electron chi connectivity index (χ4n) is 1.11. The van der Waals surface area contributed by atoms with Crippen LogP contribution in [-0.2, 0) is 0 Å². The first-order chi connectivity index (χ1) is 7.34. The van der Waals surface area contributed by atoms with Crippen molar-refractivity contribution in [2.45, 2.75) is 0 Å². The number of carbonyl (C=O) groups is 1. The molecule has 1 aromatic rings. The van der Waals surface area contributed by atoms with E-state index < -0.39 is 0 Å². The summed E-state index contributed by atoms with van der Waals surface area (Å²) in [5, 5.41) is 2.86. The Balaban J connectivity index is 2.20. The number of carbonyl (C=O) groups excluding carboxylic acids is 1. The van der Waals surface area contributed by atoms with Crippen molar-refractivity contribution in [3.63, 3.8) is 0 Å². The minimum absolute atomic E-state index is 0.0102. The molecule has 4 heteroatoms. The summed E-state index contributed by atoms with van der Waals surface area (Å²) in [6.45, 7) is 1.38. The first-order valence-corrected chi connectivity index (χ1v) is 6.11. The smallest absolute Gasteiger partial charge is 0.251 e. The lowest BCUT2D eigenvalue weighted by Crippen LogP contribution is -2.25. The predicted molar refractivity (Wildman–Crippen MR) is 65.2 cm³/mol. The van der Waals surface area contributed by atoms with E-state index in [1.54, 1.807) is 11.8 Å². The van der Waals surface area contributed by atoms with Gasteiger partial charge in [0.25, 0.3) is 5.91 Å². The summed E-state index contributed by atoms with van der Waals surface area (Å²) in [5.41, 5.74) is 6.06. The van der Waals surface area contributed by atoms with Crippen LogP contribution in [-0.4, -0.2) is 30.5 Å². The standard InChI is InChI=1S/C11H16N2OS/c12-6-8-15-9-7-13-11(14)10-4-2-1-3-5-10/h1-5H,6-9,12H2,(H,13,14). The fourth-order valence-corrected chi connectivity index (χ4v) is 1.73. The Kier molecular flexibility index (Phi) is 5.88. The third-order valence-electron chi connectivity index (χ3n) is 1.83. The Morgan fingerprint density at radius 3 is 2.67 bits per heavy atom. The van der Waals surface area contributed by atoms with Crippen LogP contribution < -0.4 is 11.1 Å². The van der Waals surface area contributed by atoms with Gasteiger partial charge < -0.3 is 11.1 Å². The topological polar surface area (TPSA) is 55.1 Å². The highest BCUT2D eigenvalue weighted by Crippen LogP contribution is 1.99. The second kappa shape index (κ2) is 7.31. The second-order valence-corrected chi connectivity index (χ2v) is 4.25. The van der Waals surface area contributed by atoms with Crippen molar-refractivity contribution in [2.24, 2.45) is 5.73 Å². The lowest BCUT2D eigenvalue weighted by Gasteiger charge is -2.04. The van der Waals surface area contributed by atoms with Crippen molar-refractivity contribution < 1.29 is 4.79 Å². The molecule has 3 N–H and O–H groups in total.